The predicted octanol–water partition coefficient (Wildman–Crippen LogP) is 1.83. The fourth-order valence-electron chi connectivity index (χ4n) is 2.82. The number of thiophene rings is 1. The summed E-state index contributed by atoms with van der Waals surface area (Å²) in [6.07, 6.45) is 4.83. The first-order valence-corrected chi connectivity index (χ1v) is 8.84. The molecular weight excluding hydrogens is 298 g/mol. The summed E-state index contributed by atoms with van der Waals surface area (Å²) in [7, 11) is 0. The number of amides is 2. The van der Waals surface area contributed by atoms with Gasteiger partial charge < -0.3 is 10.6 Å². The van der Waals surface area contributed by atoms with E-state index in [9.17, 15) is 9.59 Å². The molecule has 0 unspecified atom stereocenters. The van der Waals surface area contributed by atoms with Crippen molar-refractivity contribution >= 4 is 23.2 Å². The van der Waals surface area contributed by atoms with Crippen LogP contribution < -0.4 is 5.73 Å². The van der Waals surface area contributed by atoms with Gasteiger partial charge in [-0.3, -0.25) is 14.5 Å². The number of nitrogens with zero attached hydrogens (tertiary/aromatic N) is 2. The van der Waals surface area contributed by atoms with E-state index in [1.54, 1.807) is 11.3 Å². The molecule has 0 atom stereocenters. The fourth-order valence-corrected chi connectivity index (χ4v) is 3.56. The molecule has 1 aromatic rings. The van der Waals surface area contributed by atoms with E-state index in [0.717, 1.165) is 51.9 Å². The van der Waals surface area contributed by atoms with Crippen molar-refractivity contribution in [1.29, 1.82) is 0 Å². The highest BCUT2D eigenvalue weighted by atomic mass is 32.1. The normalized spacial score (nSPS) is 16.0. The summed E-state index contributed by atoms with van der Waals surface area (Å²) >= 11 is 1.68. The maximum absolute atomic E-state index is 12.0. The van der Waals surface area contributed by atoms with E-state index in [0.29, 0.717) is 6.42 Å². The van der Waals surface area contributed by atoms with Crippen LogP contribution in [0.5, 0.6) is 0 Å². The average Bonchev–Trinajstić information content (AvgIpc) is 2.88. The number of nitrogens with two attached hydrogens (primary N) is 1. The molecule has 122 valence electrons. The summed E-state index contributed by atoms with van der Waals surface area (Å²) in [5.41, 5.74) is 5.34. The van der Waals surface area contributed by atoms with Gasteiger partial charge in [-0.25, -0.2) is 0 Å². The van der Waals surface area contributed by atoms with Crippen molar-refractivity contribution in [2.24, 2.45) is 5.73 Å². The van der Waals surface area contributed by atoms with Gasteiger partial charge in [0.15, 0.2) is 0 Å². The standard InChI is InChI=1S/C16H25N3O2S/c17-15(20)13-18(12-14-6-4-11-22-14)8-5-10-19-9-3-1-2-7-16(19)21/h4,6,11H,1-3,5,7-10,12-13H2,(H2,17,20). The second kappa shape index (κ2) is 8.90. The van der Waals surface area contributed by atoms with Crippen molar-refractivity contribution in [3.05, 3.63) is 22.4 Å². The van der Waals surface area contributed by atoms with Crippen molar-refractivity contribution in [2.45, 2.75) is 38.6 Å². The zero-order chi connectivity index (χ0) is 15.8. The van der Waals surface area contributed by atoms with Crippen LogP contribution in [0.2, 0.25) is 0 Å². The minimum absolute atomic E-state index is 0.270. The first kappa shape index (κ1) is 17.0. The molecule has 2 amide bonds. The minimum atomic E-state index is -0.303. The van der Waals surface area contributed by atoms with Gasteiger partial charge in [0.1, 0.15) is 0 Å². The highest BCUT2D eigenvalue weighted by molar-refractivity contribution is 7.09. The average molecular weight is 323 g/mol. The Bertz CT molecular complexity index is 476. The SMILES string of the molecule is NC(=O)CN(CCCN1CCCCCC1=O)Cc1cccs1. The van der Waals surface area contributed by atoms with Gasteiger partial charge in [-0.15, -0.1) is 11.3 Å². The second-order valence-corrected chi connectivity index (χ2v) is 6.83. The van der Waals surface area contributed by atoms with Gasteiger partial charge in [-0.2, -0.15) is 0 Å². The topological polar surface area (TPSA) is 66.6 Å². The van der Waals surface area contributed by atoms with Crippen LogP contribution in [0.4, 0.5) is 0 Å². The Labute approximate surface area is 136 Å². The lowest BCUT2D eigenvalue weighted by atomic mass is 10.2. The van der Waals surface area contributed by atoms with Gasteiger partial charge in [0.05, 0.1) is 6.54 Å². The summed E-state index contributed by atoms with van der Waals surface area (Å²) < 4.78 is 0. The van der Waals surface area contributed by atoms with Crippen molar-refractivity contribution in [2.75, 3.05) is 26.2 Å². The zero-order valence-electron chi connectivity index (χ0n) is 13.0. The molecule has 1 fully saturated rings. The van der Waals surface area contributed by atoms with Gasteiger partial charge >= 0.3 is 0 Å². The molecule has 0 aromatic carbocycles. The third kappa shape index (κ3) is 5.77. The molecule has 0 aliphatic carbocycles. The van der Waals surface area contributed by atoms with Crippen molar-refractivity contribution in [1.82, 2.24) is 9.80 Å². The van der Waals surface area contributed by atoms with E-state index in [1.165, 1.54) is 4.88 Å². The first-order valence-electron chi connectivity index (χ1n) is 7.96. The lowest BCUT2D eigenvalue weighted by Gasteiger charge is -2.24. The Balaban J connectivity index is 1.79. The summed E-state index contributed by atoms with van der Waals surface area (Å²) in [4.78, 5) is 28.5. The first-order chi connectivity index (χ1) is 10.6. The Morgan fingerprint density at radius 3 is 2.95 bits per heavy atom. The molecule has 6 heteroatoms. The van der Waals surface area contributed by atoms with Crippen LogP contribution in [0.1, 0.15) is 37.0 Å². The van der Waals surface area contributed by atoms with Crippen LogP contribution in [0.25, 0.3) is 0 Å². The van der Waals surface area contributed by atoms with Gasteiger partial charge in [-0.05, 0) is 30.7 Å². The van der Waals surface area contributed by atoms with Gasteiger partial charge in [0, 0.05) is 37.5 Å². The third-order valence-corrected chi connectivity index (χ3v) is 4.77. The van der Waals surface area contributed by atoms with Gasteiger partial charge in [0.2, 0.25) is 11.8 Å². The predicted molar refractivity (Wildman–Crippen MR) is 88.5 cm³/mol. The van der Waals surface area contributed by atoms with Crippen LogP contribution in [-0.4, -0.2) is 47.8 Å². The van der Waals surface area contributed by atoms with E-state index < -0.39 is 0 Å². The van der Waals surface area contributed by atoms with Crippen LogP contribution in [0, 0.1) is 0 Å². The second-order valence-electron chi connectivity index (χ2n) is 5.80. The summed E-state index contributed by atoms with van der Waals surface area (Å²) in [5, 5.41) is 2.04. The number of hydrogen-bond donors (Lipinski definition) is 1. The zero-order valence-corrected chi connectivity index (χ0v) is 13.8. The van der Waals surface area contributed by atoms with E-state index in [2.05, 4.69) is 11.0 Å². The lowest BCUT2D eigenvalue weighted by molar-refractivity contribution is -0.131. The van der Waals surface area contributed by atoms with Crippen molar-refractivity contribution < 1.29 is 9.59 Å². The maximum atomic E-state index is 12.0. The highest BCUT2D eigenvalue weighted by Gasteiger charge is 2.17. The van der Waals surface area contributed by atoms with Crippen LogP contribution in [0.15, 0.2) is 17.5 Å². The maximum Gasteiger partial charge on any atom is 0.231 e. The number of carbonyl (C=O) groups is 2. The highest BCUT2D eigenvalue weighted by Crippen LogP contribution is 2.14. The number of likely N-dealkylation sites (tertiary alicyclic amines) is 1. The van der Waals surface area contributed by atoms with Crippen LogP contribution >= 0.6 is 11.3 Å². The molecule has 0 spiro atoms. The molecule has 0 saturated carbocycles. The van der Waals surface area contributed by atoms with E-state index in [-0.39, 0.29) is 18.4 Å². The molecule has 1 saturated heterocycles. The fraction of sp³-hybridized carbons (Fsp3) is 0.625. The molecule has 0 radical (unpaired) electrons. The molecule has 0 bridgehead atoms. The Morgan fingerprint density at radius 1 is 1.36 bits per heavy atom. The molecule has 22 heavy (non-hydrogen) atoms. The Morgan fingerprint density at radius 2 is 2.23 bits per heavy atom. The largest absolute Gasteiger partial charge is 0.369 e. The van der Waals surface area contributed by atoms with Crippen LogP contribution in [0.3, 0.4) is 0 Å². The van der Waals surface area contributed by atoms with Crippen LogP contribution in [-0.2, 0) is 16.1 Å². The van der Waals surface area contributed by atoms with Crippen molar-refractivity contribution in [3.63, 3.8) is 0 Å². The molecule has 2 N–H and O–H groups in total. The van der Waals surface area contributed by atoms with E-state index in [1.807, 2.05) is 16.3 Å². The summed E-state index contributed by atoms with van der Waals surface area (Å²) in [5.74, 6) is -0.0281. The Kier molecular flexibility index (Phi) is 6.86. The Hall–Kier alpha value is -1.40. The minimum Gasteiger partial charge on any atom is -0.369 e. The summed E-state index contributed by atoms with van der Waals surface area (Å²) in [6, 6.07) is 4.08. The molecule has 2 rings (SSSR count). The molecule has 1 aromatic heterocycles. The number of hydrogen-bond acceptors (Lipinski definition) is 4. The molecule has 1 aliphatic heterocycles. The van der Waals surface area contributed by atoms with Gasteiger partial charge in [0.25, 0.3) is 0 Å². The monoisotopic (exact) mass is 323 g/mol. The quantitative estimate of drug-likeness (QED) is 0.793. The van der Waals surface area contributed by atoms with E-state index in [4.69, 9.17) is 5.73 Å². The molecule has 5 nitrogen and oxygen atoms in total. The summed E-state index contributed by atoms with van der Waals surface area (Å²) in [6.45, 7) is 3.45. The third-order valence-electron chi connectivity index (χ3n) is 3.91. The number of carbonyl (C=O) groups excluding carboxylic acids is 2. The van der Waals surface area contributed by atoms with Crippen molar-refractivity contribution in [3.8, 4) is 0 Å². The molecular formula is C16H25N3O2S. The molecule has 2 heterocycles. The van der Waals surface area contributed by atoms with E-state index >= 15 is 0 Å². The molecule has 1 aliphatic rings. The lowest BCUT2D eigenvalue weighted by Crippen LogP contribution is -2.37. The number of rotatable bonds is 8. The smallest absolute Gasteiger partial charge is 0.231 e. The number of primary amides is 1. The van der Waals surface area contributed by atoms with Gasteiger partial charge in [-0.1, -0.05) is 12.5 Å².